The summed E-state index contributed by atoms with van der Waals surface area (Å²) in [4.78, 5) is 4.04. The van der Waals surface area contributed by atoms with Crippen LogP contribution in [0, 0.1) is 28.1 Å². The summed E-state index contributed by atoms with van der Waals surface area (Å²) in [5.74, 6) is 0.533. The summed E-state index contributed by atoms with van der Waals surface area (Å²) in [7, 11) is 1.54. The van der Waals surface area contributed by atoms with Crippen molar-refractivity contribution in [2.45, 2.75) is 0 Å². The van der Waals surface area contributed by atoms with Crippen molar-refractivity contribution in [3.05, 3.63) is 41.0 Å². The molecule has 3 rings (SSSR count). The normalized spacial score (nSPS) is 10.2. The van der Waals surface area contributed by atoms with Gasteiger partial charge in [-0.2, -0.15) is 15.6 Å². The lowest BCUT2D eigenvalue weighted by atomic mass is 10.1. The lowest BCUT2D eigenvalue weighted by Crippen LogP contribution is -2.24. The van der Waals surface area contributed by atoms with Gasteiger partial charge in [0.2, 0.25) is 0 Å². The molecule has 25 heavy (non-hydrogen) atoms. The predicted molar refractivity (Wildman–Crippen MR) is 89.5 cm³/mol. The summed E-state index contributed by atoms with van der Waals surface area (Å²) in [5, 5.41) is 31.3. The Hall–Kier alpha value is -4.11. The summed E-state index contributed by atoms with van der Waals surface area (Å²) in [6.45, 7) is 0. The number of fused-ring (bicyclic) bond motifs is 1. The van der Waals surface area contributed by atoms with Gasteiger partial charge in [-0.1, -0.05) is 0 Å². The highest BCUT2D eigenvalue weighted by atomic mass is 16.5. The van der Waals surface area contributed by atoms with E-state index in [4.69, 9.17) is 21.6 Å². The Labute approximate surface area is 141 Å². The van der Waals surface area contributed by atoms with Crippen molar-refractivity contribution in [3.63, 3.8) is 0 Å². The first-order valence-corrected chi connectivity index (χ1v) is 7.03. The van der Waals surface area contributed by atoms with Gasteiger partial charge in [0.15, 0.2) is 11.2 Å². The molecule has 0 amide bonds. The Kier molecular flexibility index (Phi) is 3.68. The Morgan fingerprint density at radius 3 is 2.40 bits per heavy atom. The number of rotatable bonds is 2. The first kappa shape index (κ1) is 15.8. The van der Waals surface area contributed by atoms with Crippen LogP contribution in [0.25, 0.3) is 16.6 Å². The molecule has 0 unspecified atom stereocenters. The van der Waals surface area contributed by atoms with E-state index in [9.17, 15) is 10.5 Å². The van der Waals surface area contributed by atoms with E-state index in [2.05, 4.69) is 10.1 Å². The maximum atomic E-state index is 9.39. The zero-order valence-corrected chi connectivity index (χ0v) is 13.1. The fourth-order valence-electron chi connectivity index (χ4n) is 2.44. The number of nitrogens with one attached hydrogen (secondary N) is 1. The van der Waals surface area contributed by atoms with Crippen molar-refractivity contribution >= 4 is 22.4 Å². The molecule has 2 aromatic heterocycles. The predicted octanol–water partition coefficient (Wildman–Crippen LogP) is 0.816. The number of methoxy groups -OCH3 is 1. The van der Waals surface area contributed by atoms with E-state index >= 15 is 0 Å². The lowest BCUT2D eigenvalue weighted by molar-refractivity contribution is 0.414. The largest absolute Gasteiger partial charge is 0.497 e. The van der Waals surface area contributed by atoms with Gasteiger partial charge in [0.25, 0.3) is 0 Å². The molecule has 0 saturated carbocycles. The monoisotopic (exact) mass is 332 g/mol. The van der Waals surface area contributed by atoms with Gasteiger partial charge < -0.3 is 16.2 Å². The number of hydrogen-bond donors (Lipinski definition) is 3. The van der Waals surface area contributed by atoms with E-state index in [1.54, 1.807) is 31.4 Å². The number of nitrogen functional groups attached to an aromatic ring is 2. The van der Waals surface area contributed by atoms with E-state index < -0.39 is 0 Å². The third-order valence-corrected chi connectivity index (χ3v) is 3.67. The molecule has 122 valence electrons. The van der Waals surface area contributed by atoms with Crippen LogP contribution in [0.15, 0.2) is 24.3 Å². The van der Waals surface area contributed by atoms with Crippen molar-refractivity contribution in [1.29, 1.82) is 15.9 Å². The fraction of sp³-hybridized carbons (Fsp3) is 0.0625. The molecule has 2 heterocycles. The third-order valence-electron chi connectivity index (χ3n) is 3.67. The first-order chi connectivity index (χ1) is 12.0. The van der Waals surface area contributed by atoms with Crippen LogP contribution in [-0.4, -0.2) is 21.9 Å². The van der Waals surface area contributed by atoms with Crippen LogP contribution in [0.3, 0.4) is 0 Å². The maximum Gasteiger partial charge on any atom is 0.187 e. The zero-order valence-electron chi connectivity index (χ0n) is 13.1. The molecular formula is C16H12N8O. The zero-order chi connectivity index (χ0) is 18.1. The topological polar surface area (TPSA) is 163 Å². The minimum absolute atomic E-state index is 0.00355. The molecule has 9 heteroatoms. The summed E-state index contributed by atoms with van der Waals surface area (Å²) < 4.78 is 6.35. The van der Waals surface area contributed by atoms with Crippen LogP contribution in [0.5, 0.6) is 5.75 Å². The van der Waals surface area contributed by atoms with Gasteiger partial charge in [-0.25, -0.2) is 9.67 Å². The minimum Gasteiger partial charge on any atom is -0.497 e. The Morgan fingerprint density at radius 1 is 1.16 bits per heavy atom. The first-order valence-electron chi connectivity index (χ1n) is 7.03. The molecule has 0 atom stereocenters. The summed E-state index contributed by atoms with van der Waals surface area (Å²) >= 11 is 0. The molecule has 5 N–H and O–H groups in total. The number of nitrogens with two attached hydrogens (primary N) is 2. The number of ether oxygens (including phenoxy) is 1. The van der Waals surface area contributed by atoms with Gasteiger partial charge >= 0.3 is 0 Å². The molecular weight excluding hydrogens is 320 g/mol. The van der Waals surface area contributed by atoms with Gasteiger partial charge in [0, 0.05) is 0 Å². The van der Waals surface area contributed by atoms with Crippen molar-refractivity contribution in [3.8, 4) is 23.6 Å². The number of hydrogen-bond acceptors (Lipinski definition) is 8. The van der Waals surface area contributed by atoms with Crippen molar-refractivity contribution in [2.24, 2.45) is 0 Å². The van der Waals surface area contributed by atoms with Crippen LogP contribution < -0.4 is 21.7 Å². The van der Waals surface area contributed by atoms with Crippen molar-refractivity contribution in [2.75, 3.05) is 18.6 Å². The van der Waals surface area contributed by atoms with E-state index in [0.717, 1.165) is 0 Å². The smallest absolute Gasteiger partial charge is 0.187 e. The fourth-order valence-corrected chi connectivity index (χ4v) is 2.44. The van der Waals surface area contributed by atoms with Gasteiger partial charge in [0.1, 0.15) is 34.8 Å². The molecule has 3 aromatic rings. The lowest BCUT2D eigenvalue weighted by Gasteiger charge is -2.12. The highest BCUT2D eigenvalue weighted by Crippen LogP contribution is 2.26. The van der Waals surface area contributed by atoms with Crippen molar-refractivity contribution in [1.82, 2.24) is 14.8 Å². The number of aromatic nitrogens is 3. The third kappa shape index (κ3) is 2.36. The average molecular weight is 332 g/mol. The van der Waals surface area contributed by atoms with Crippen LogP contribution in [0.2, 0.25) is 0 Å². The molecule has 1 aromatic carbocycles. The Bertz CT molecular complexity index is 1130. The SMILES string of the molecule is COc1ccc(-n2nc(C#N)c3nc(N)c(C#N)c(N)c3c2=N)cc1. The van der Waals surface area contributed by atoms with Crippen LogP contribution in [0.1, 0.15) is 11.3 Å². The minimum atomic E-state index is -0.110. The molecule has 0 bridgehead atoms. The van der Waals surface area contributed by atoms with Crippen molar-refractivity contribution < 1.29 is 4.74 Å². The van der Waals surface area contributed by atoms with E-state index in [1.165, 1.54) is 4.68 Å². The van der Waals surface area contributed by atoms with Gasteiger partial charge in [0.05, 0.1) is 23.9 Å². The number of benzene rings is 1. The maximum absolute atomic E-state index is 9.39. The number of anilines is 2. The highest BCUT2D eigenvalue weighted by Gasteiger charge is 2.18. The Morgan fingerprint density at radius 2 is 1.84 bits per heavy atom. The second-order valence-corrected chi connectivity index (χ2v) is 5.04. The number of nitriles is 2. The summed E-state index contributed by atoms with van der Waals surface area (Å²) in [6, 6.07) is 10.6. The van der Waals surface area contributed by atoms with E-state index in [1.807, 2.05) is 12.1 Å². The van der Waals surface area contributed by atoms with Crippen LogP contribution >= 0.6 is 0 Å². The van der Waals surface area contributed by atoms with Gasteiger partial charge in [-0.15, -0.1) is 0 Å². The van der Waals surface area contributed by atoms with Crippen LogP contribution in [-0.2, 0) is 0 Å². The number of pyridine rings is 1. The standard InChI is InChI=1S/C16H12N8O/c1-25-9-4-2-8(3-5-9)24-16(21)12-13(19)10(6-17)15(20)22-14(12)11(7-18)23-24/h2-5,21H,1H3,(H4,19,20,22). The molecule has 0 aliphatic heterocycles. The van der Waals surface area contributed by atoms with Gasteiger partial charge in [-0.05, 0) is 24.3 Å². The highest BCUT2D eigenvalue weighted by molar-refractivity contribution is 5.96. The second kappa shape index (κ2) is 5.83. The quantitative estimate of drug-likeness (QED) is 0.625. The Balaban J connectivity index is 2.43. The number of nitrogens with zero attached hydrogens (tertiary/aromatic N) is 5. The summed E-state index contributed by atoms with van der Waals surface area (Å²) in [5.41, 5.74) is 12.2. The molecule has 0 spiro atoms. The summed E-state index contributed by atoms with van der Waals surface area (Å²) in [6.07, 6.45) is 0. The van der Waals surface area contributed by atoms with Crippen LogP contribution in [0.4, 0.5) is 11.5 Å². The van der Waals surface area contributed by atoms with E-state index in [-0.39, 0.29) is 39.2 Å². The molecule has 0 aliphatic carbocycles. The molecule has 0 fully saturated rings. The molecule has 0 radical (unpaired) electrons. The second-order valence-electron chi connectivity index (χ2n) is 5.04. The van der Waals surface area contributed by atoms with E-state index in [0.29, 0.717) is 11.4 Å². The average Bonchev–Trinajstić information content (AvgIpc) is 2.62. The molecule has 9 nitrogen and oxygen atoms in total. The van der Waals surface area contributed by atoms with Gasteiger partial charge in [-0.3, -0.25) is 5.41 Å². The molecule has 0 aliphatic rings. The molecule has 0 saturated heterocycles.